The molecule has 0 spiro atoms. The Labute approximate surface area is 216 Å². The molecule has 0 saturated heterocycles. The highest BCUT2D eigenvalue weighted by Gasteiger charge is 2.25. The third kappa shape index (κ3) is 5.68. The average Bonchev–Trinajstić information content (AvgIpc) is 3.17. The van der Waals surface area contributed by atoms with Crippen LogP contribution in [0.25, 0.3) is 6.08 Å². The zero-order chi connectivity index (χ0) is 25.1. The standard InChI is InChI=1S/C26H18Cl3NO5/c1-3-33-23-11-15(5-9-22(23)34-25(31)18-8-7-17(27)13-20(18)29)10-21-26(32)35-24(30-21)16-6-4-14(2)19(28)12-16/h4-13H,3H2,1-2H3/b21-10-. The van der Waals surface area contributed by atoms with Gasteiger partial charge in [0, 0.05) is 15.6 Å². The maximum Gasteiger partial charge on any atom is 0.363 e. The molecule has 0 unspecified atom stereocenters. The molecule has 0 N–H and O–H groups in total. The van der Waals surface area contributed by atoms with Crippen LogP contribution < -0.4 is 9.47 Å². The molecule has 0 amide bonds. The fourth-order valence-corrected chi connectivity index (χ4v) is 3.86. The molecule has 1 aliphatic rings. The third-order valence-electron chi connectivity index (χ3n) is 4.96. The summed E-state index contributed by atoms with van der Waals surface area (Å²) in [5.41, 5.74) is 2.36. The van der Waals surface area contributed by atoms with Crippen molar-refractivity contribution in [3.8, 4) is 11.5 Å². The SMILES string of the molecule is CCOc1cc(/C=C2\N=C(c3ccc(C)c(Cl)c3)OC2=O)ccc1OC(=O)c1ccc(Cl)cc1Cl. The van der Waals surface area contributed by atoms with E-state index in [9.17, 15) is 9.59 Å². The molecule has 0 aromatic heterocycles. The molecule has 3 aromatic carbocycles. The Morgan fingerprint density at radius 2 is 1.80 bits per heavy atom. The van der Waals surface area contributed by atoms with Gasteiger partial charge in [-0.05, 0) is 73.5 Å². The lowest BCUT2D eigenvalue weighted by Crippen LogP contribution is -2.10. The molecule has 4 rings (SSSR count). The molecule has 0 atom stereocenters. The maximum atomic E-state index is 12.6. The minimum Gasteiger partial charge on any atom is -0.490 e. The fraction of sp³-hybridized carbons (Fsp3) is 0.115. The van der Waals surface area contributed by atoms with Crippen molar-refractivity contribution in [1.29, 1.82) is 0 Å². The lowest BCUT2D eigenvalue weighted by molar-refractivity contribution is -0.129. The van der Waals surface area contributed by atoms with Gasteiger partial charge < -0.3 is 14.2 Å². The van der Waals surface area contributed by atoms with Gasteiger partial charge in [0.1, 0.15) is 0 Å². The molecule has 9 heteroatoms. The highest BCUT2D eigenvalue weighted by atomic mass is 35.5. The highest BCUT2D eigenvalue weighted by Crippen LogP contribution is 2.32. The van der Waals surface area contributed by atoms with Gasteiger partial charge in [0.25, 0.3) is 0 Å². The number of hydrogen-bond donors (Lipinski definition) is 0. The number of esters is 2. The largest absolute Gasteiger partial charge is 0.490 e. The molecule has 0 fully saturated rings. The number of carbonyl (C=O) groups excluding carboxylic acids is 2. The lowest BCUT2D eigenvalue weighted by atomic mass is 10.1. The van der Waals surface area contributed by atoms with Gasteiger partial charge in [-0.1, -0.05) is 46.9 Å². The molecule has 1 heterocycles. The Kier molecular flexibility index (Phi) is 7.45. The number of carbonyl (C=O) groups is 2. The normalized spacial score (nSPS) is 14.0. The van der Waals surface area contributed by atoms with Crippen molar-refractivity contribution in [3.63, 3.8) is 0 Å². The number of aliphatic imine (C=N–C) groups is 1. The van der Waals surface area contributed by atoms with Crippen LogP contribution in [-0.4, -0.2) is 24.4 Å². The third-order valence-corrected chi connectivity index (χ3v) is 5.92. The second-order valence-electron chi connectivity index (χ2n) is 7.45. The van der Waals surface area contributed by atoms with E-state index in [1.807, 2.05) is 13.0 Å². The predicted molar refractivity (Wildman–Crippen MR) is 136 cm³/mol. The number of rotatable bonds is 6. The van der Waals surface area contributed by atoms with Crippen LogP contribution in [0, 0.1) is 6.92 Å². The first kappa shape index (κ1) is 24.8. The summed E-state index contributed by atoms with van der Waals surface area (Å²) < 4.78 is 16.5. The molecule has 0 radical (unpaired) electrons. The molecule has 3 aromatic rings. The minimum absolute atomic E-state index is 0.108. The van der Waals surface area contributed by atoms with Gasteiger partial charge in [-0.3, -0.25) is 0 Å². The van der Waals surface area contributed by atoms with Gasteiger partial charge >= 0.3 is 11.9 Å². The molecule has 1 aliphatic heterocycles. The van der Waals surface area contributed by atoms with E-state index >= 15 is 0 Å². The first-order valence-electron chi connectivity index (χ1n) is 10.5. The van der Waals surface area contributed by atoms with E-state index in [2.05, 4.69) is 4.99 Å². The molecule has 35 heavy (non-hydrogen) atoms. The summed E-state index contributed by atoms with van der Waals surface area (Å²) in [7, 11) is 0. The second-order valence-corrected chi connectivity index (χ2v) is 8.70. The van der Waals surface area contributed by atoms with Gasteiger partial charge in [0.15, 0.2) is 17.2 Å². The monoisotopic (exact) mass is 529 g/mol. The Morgan fingerprint density at radius 1 is 1.00 bits per heavy atom. The number of cyclic esters (lactones) is 1. The average molecular weight is 531 g/mol. The Bertz CT molecular complexity index is 1400. The van der Waals surface area contributed by atoms with E-state index in [1.165, 1.54) is 12.1 Å². The number of hydrogen-bond acceptors (Lipinski definition) is 6. The van der Waals surface area contributed by atoms with Crippen LogP contribution in [0.15, 0.2) is 65.3 Å². The summed E-state index contributed by atoms with van der Waals surface area (Å²) in [5, 5.41) is 1.12. The smallest absolute Gasteiger partial charge is 0.363 e. The van der Waals surface area contributed by atoms with E-state index in [1.54, 1.807) is 49.4 Å². The fourth-order valence-electron chi connectivity index (χ4n) is 3.19. The zero-order valence-corrected chi connectivity index (χ0v) is 20.9. The van der Waals surface area contributed by atoms with Crippen molar-refractivity contribution < 1.29 is 23.8 Å². The molecule has 0 saturated carbocycles. The van der Waals surface area contributed by atoms with Crippen molar-refractivity contribution in [2.45, 2.75) is 13.8 Å². The van der Waals surface area contributed by atoms with Crippen molar-refractivity contribution in [1.82, 2.24) is 0 Å². The summed E-state index contributed by atoms with van der Waals surface area (Å²) in [4.78, 5) is 29.3. The first-order chi connectivity index (χ1) is 16.7. The Morgan fingerprint density at radius 3 is 2.51 bits per heavy atom. The van der Waals surface area contributed by atoms with Crippen molar-refractivity contribution >= 4 is 58.7 Å². The van der Waals surface area contributed by atoms with Gasteiger partial charge in [-0.2, -0.15) is 0 Å². The zero-order valence-electron chi connectivity index (χ0n) is 18.6. The molecular weight excluding hydrogens is 513 g/mol. The van der Waals surface area contributed by atoms with Crippen LogP contribution in [0.3, 0.4) is 0 Å². The van der Waals surface area contributed by atoms with Crippen LogP contribution in [0.1, 0.15) is 34.0 Å². The van der Waals surface area contributed by atoms with Crippen LogP contribution >= 0.6 is 34.8 Å². The summed E-state index contributed by atoms with van der Waals surface area (Å²) >= 11 is 18.2. The lowest BCUT2D eigenvalue weighted by Gasteiger charge is -2.12. The van der Waals surface area contributed by atoms with E-state index in [-0.39, 0.29) is 27.9 Å². The first-order valence-corrected chi connectivity index (χ1v) is 11.6. The summed E-state index contributed by atoms with van der Waals surface area (Å²) in [6, 6.07) is 14.6. The molecule has 178 valence electrons. The van der Waals surface area contributed by atoms with Crippen LogP contribution in [0.5, 0.6) is 11.5 Å². The summed E-state index contributed by atoms with van der Waals surface area (Å²) in [6.07, 6.45) is 1.55. The number of aryl methyl sites for hydroxylation is 1. The van der Waals surface area contributed by atoms with Gasteiger partial charge in [-0.15, -0.1) is 0 Å². The number of benzene rings is 3. The number of ether oxygens (including phenoxy) is 3. The highest BCUT2D eigenvalue weighted by molar-refractivity contribution is 6.36. The molecule has 0 aliphatic carbocycles. The van der Waals surface area contributed by atoms with E-state index in [0.717, 1.165) is 5.56 Å². The van der Waals surface area contributed by atoms with Crippen molar-refractivity contribution in [2.75, 3.05) is 6.61 Å². The molecular formula is C26H18Cl3NO5. The van der Waals surface area contributed by atoms with Gasteiger partial charge in [0.05, 0.1) is 17.2 Å². The van der Waals surface area contributed by atoms with Crippen molar-refractivity contribution in [2.24, 2.45) is 4.99 Å². The Hall–Kier alpha value is -3.32. The van der Waals surface area contributed by atoms with Gasteiger partial charge in [0.2, 0.25) is 5.90 Å². The molecule has 0 bridgehead atoms. The van der Waals surface area contributed by atoms with Crippen LogP contribution in [0.2, 0.25) is 15.1 Å². The maximum absolute atomic E-state index is 12.6. The van der Waals surface area contributed by atoms with Crippen molar-refractivity contribution in [3.05, 3.63) is 97.6 Å². The number of nitrogens with zero attached hydrogens (tertiary/aromatic N) is 1. The van der Waals surface area contributed by atoms with E-state index in [0.29, 0.717) is 33.5 Å². The summed E-state index contributed by atoms with van der Waals surface area (Å²) in [6.45, 7) is 4.00. The number of halogens is 3. The summed E-state index contributed by atoms with van der Waals surface area (Å²) in [5.74, 6) is -0.594. The quantitative estimate of drug-likeness (QED) is 0.196. The van der Waals surface area contributed by atoms with Crippen LogP contribution in [-0.2, 0) is 9.53 Å². The van der Waals surface area contributed by atoms with Gasteiger partial charge in [-0.25, -0.2) is 14.6 Å². The Balaban J connectivity index is 1.60. The van der Waals surface area contributed by atoms with E-state index in [4.69, 9.17) is 49.0 Å². The topological polar surface area (TPSA) is 74.2 Å². The van der Waals surface area contributed by atoms with Crippen LogP contribution in [0.4, 0.5) is 0 Å². The predicted octanol–water partition coefficient (Wildman–Crippen LogP) is 6.92. The second kappa shape index (κ2) is 10.5. The molecule has 6 nitrogen and oxygen atoms in total. The minimum atomic E-state index is -0.663. The van der Waals surface area contributed by atoms with E-state index < -0.39 is 11.9 Å².